The standard InChI is InChI=1S/C22H21Cl2N3O2/c1-25-10-12-26(13-11-25)14-15-2-8-18(9-3-15)27-21(28)19(20(24)22(27)29)16-4-6-17(23)7-5-16/h2-9H,10-14H2,1H3. The number of hydrogen-bond donors (Lipinski definition) is 0. The van der Waals surface area contributed by atoms with Gasteiger partial charge in [0, 0.05) is 37.7 Å². The third kappa shape index (κ3) is 4.09. The van der Waals surface area contributed by atoms with Gasteiger partial charge in [0.25, 0.3) is 11.8 Å². The molecule has 0 aromatic heterocycles. The van der Waals surface area contributed by atoms with Crippen LogP contribution in [0.4, 0.5) is 5.69 Å². The Labute approximate surface area is 180 Å². The van der Waals surface area contributed by atoms with Gasteiger partial charge in [0.05, 0.1) is 11.3 Å². The van der Waals surface area contributed by atoms with Crippen LogP contribution in [-0.4, -0.2) is 54.8 Å². The van der Waals surface area contributed by atoms with Gasteiger partial charge in [-0.1, -0.05) is 47.5 Å². The third-order valence-corrected chi connectivity index (χ3v) is 5.96. The Bertz CT molecular complexity index is 963. The number of rotatable bonds is 4. The lowest BCUT2D eigenvalue weighted by atomic mass is 10.1. The van der Waals surface area contributed by atoms with Crippen molar-refractivity contribution in [2.45, 2.75) is 6.54 Å². The van der Waals surface area contributed by atoms with Gasteiger partial charge in [-0.2, -0.15) is 0 Å². The predicted molar refractivity (Wildman–Crippen MR) is 116 cm³/mol. The van der Waals surface area contributed by atoms with Crippen LogP contribution in [-0.2, 0) is 16.1 Å². The minimum Gasteiger partial charge on any atom is -0.304 e. The summed E-state index contributed by atoms with van der Waals surface area (Å²) in [7, 11) is 2.13. The van der Waals surface area contributed by atoms with Crippen LogP contribution in [0.15, 0.2) is 53.6 Å². The molecule has 150 valence electrons. The van der Waals surface area contributed by atoms with Crippen molar-refractivity contribution in [1.29, 1.82) is 0 Å². The lowest BCUT2D eigenvalue weighted by molar-refractivity contribution is -0.119. The van der Waals surface area contributed by atoms with E-state index in [1.807, 2.05) is 12.1 Å². The van der Waals surface area contributed by atoms with Crippen LogP contribution in [0.5, 0.6) is 0 Å². The molecule has 0 radical (unpaired) electrons. The molecule has 4 rings (SSSR count). The van der Waals surface area contributed by atoms with Crippen LogP contribution in [0.25, 0.3) is 5.57 Å². The highest BCUT2D eigenvalue weighted by Gasteiger charge is 2.39. The van der Waals surface area contributed by atoms with Gasteiger partial charge in [0.15, 0.2) is 0 Å². The lowest BCUT2D eigenvalue weighted by Gasteiger charge is -2.32. The molecule has 1 fully saturated rings. The molecule has 29 heavy (non-hydrogen) atoms. The van der Waals surface area contributed by atoms with Crippen molar-refractivity contribution in [3.05, 3.63) is 69.7 Å². The Kier molecular flexibility index (Phi) is 5.74. The number of anilines is 1. The quantitative estimate of drug-likeness (QED) is 0.696. The molecule has 1 saturated heterocycles. The summed E-state index contributed by atoms with van der Waals surface area (Å²) >= 11 is 12.2. The molecule has 7 heteroatoms. The van der Waals surface area contributed by atoms with Crippen LogP contribution in [0, 0.1) is 0 Å². The molecule has 0 saturated carbocycles. The fourth-order valence-corrected chi connectivity index (χ4v) is 4.02. The van der Waals surface area contributed by atoms with E-state index in [2.05, 4.69) is 16.8 Å². The van der Waals surface area contributed by atoms with Gasteiger partial charge < -0.3 is 4.90 Å². The minimum absolute atomic E-state index is 0.0705. The monoisotopic (exact) mass is 429 g/mol. The minimum atomic E-state index is -0.506. The summed E-state index contributed by atoms with van der Waals surface area (Å²) in [5.74, 6) is -0.928. The molecule has 0 spiro atoms. The Morgan fingerprint density at radius 1 is 0.828 bits per heavy atom. The normalized spacial score (nSPS) is 18.8. The molecule has 2 aromatic rings. The third-order valence-electron chi connectivity index (χ3n) is 5.36. The summed E-state index contributed by atoms with van der Waals surface area (Å²) in [5.41, 5.74) is 2.44. The van der Waals surface area contributed by atoms with Gasteiger partial charge in [0.2, 0.25) is 0 Å². The maximum atomic E-state index is 13.0. The maximum Gasteiger partial charge on any atom is 0.277 e. The molecule has 2 amide bonds. The van der Waals surface area contributed by atoms with Crippen molar-refractivity contribution in [2.24, 2.45) is 0 Å². The van der Waals surface area contributed by atoms with Gasteiger partial charge >= 0.3 is 0 Å². The number of amides is 2. The van der Waals surface area contributed by atoms with E-state index >= 15 is 0 Å². The van der Waals surface area contributed by atoms with E-state index < -0.39 is 11.8 Å². The highest BCUT2D eigenvalue weighted by molar-refractivity contribution is 6.60. The van der Waals surface area contributed by atoms with Gasteiger partial charge in [-0.15, -0.1) is 0 Å². The molecular weight excluding hydrogens is 409 g/mol. The highest BCUT2D eigenvalue weighted by atomic mass is 35.5. The summed E-state index contributed by atoms with van der Waals surface area (Å²) in [4.78, 5) is 31.5. The van der Waals surface area contributed by atoms with E-state index in [9.17, 15) is 9.59 Å². The summed E-state index contributed by atoms with van der Waals surface area (Å²) in [6.07, 6.45) is 0. The second-order valence-corrected chi connectivity index (χ2v) is 8.20. The van der Waals surface area contributed by atoms with E-state index in [4.69, 9.17) is 23.2 Å². The van der Waals surface area contributed by atoms with Crippen LogP contribution < -0.4 is 4.90 Å². The van der Waals surface area contributed by atoms with Crippen molar-refractivity contribution in [1.82, 2.24) is 9.80 Å². The molecule has 0 atom stereocenters. The number of carbonyl (C=O) groups excluding carboxylic acids is 2. The molecule has 0 bridgehead atoms. The number of nitrogens with zero attached hydrogens (tertiary/aromatic N) is 3. The Balaban J connectivity index is 1.51. The second-order valence-electron chi connectivity index (χ2n) is 7.39. The number of benzene rings is 2. The lowest BCUT2D eigenvalue weighted by Crippen LogP contribution is -2.43. The van der Waals surface area contributed by atoms with Crippen molar-refractivity contribution in [3.63, 3.8) is 0 Å². The average Bonchev–Trinajstić information content (AvgIpc) is 2.94. The largest absolute Gasteiger partial charge is 0.304 e. The Hall–Kier alpha value is -2.18. The van der Waals surface area contributed by atoms with E-state index in [1.54, 1.807) is 36.4 Å². The molecule has 5 nitrogen and oxygen atoms in total. The smallest absolute Gasteiger partial charge is 0.277 e. The van der Waals surface area contributed by atoms with Crippen LogP contribution >= 0.6 is 23.2 Å². The number of carbonyl (C=O) groups is 2. The number of likely N-dealkylation sites (N-methyl/N-ethyl adjacent to an activating group) is 1. The SMILES string of the molecule is CN1CCN(Cc2ccc(N3C(=O)C(Cl)=C(c4ccc(Cl)cc4)C3=O)cc2)CC1. The van der Waals surface area contributed by atoms with Crippen molar-refractivity contribution < 1.29 is 9.59 Å². The molecule has 2 aliphatic rings. The number of halogens is 2. The molecule has 0 aliphatic carbocycles. The second kappa shape index (κ2) is 8.28. The number of hydrogen-bond acceptors (Lipinski definition) is 4. The zero-order valence-electron chi connectivity index (χ0n) is 16.1. The van der Waals surface area contributed by atoms with Crippen molar-refractivity contribution in [2.75, 3.05) is 38.1 Å². The summed E-state index contributed by atoms with van der Waals surface area (Å²) < 4.78 is 0. The molecule has 2 heterocycles. The first-order chi connectivity index (χ1) is 13.9. The zero-order chi connectivity index (χ0) is 20.5. The van der Waals surface area contributed by atoms with Gasteiger partial charge in [-0.05, 0) is 42.4 Å². The molecule has 2 aliphatic heterocycles. The summed E-state index contributed by atoms with van der Waals surface area (Å²) in [6.45, 7) is 5.04. The summed E-state index contributed by atoms with van der Waals surface area (Å²) in [5, 5.41) is 0.480. The first kappa shape index (κ1) is 20.1. The number of imide groups is 1. The average molecular weight is 430 g/mol. The molecule has 0 unspecified atom stereocenters. The van der Waals surface area contributed by atoms with Crippen molar-refractivity contribution in [3.8, 4) is 0 Å². The fourth-order valence-electron chi connectivity index (χ4n) is 3.62. The van der Waals surface area contributed by atoms with Crippen LogP contribution in [0.2, 0.25) is 5.02 Å². The van der Waals surface area contributed by atoms with E-state index in [0.29, 0.717) is 16.3 Å². The van der Waals surface area contributed by atoms with E-state index in [0.717, 1.165) is 43.2 Å². The topological polar surface area (TPSA) is 43.9 Å². The summed E-state index contributed by atoms with van der Waals surface area (Å²) in [6, 6.07) is 14.2. The first-order valence-electron chi connectivity index (χ1n) is 9.48. The molecular formula is C22H21Cl2N3O2. The van der Waals surface area contributed by atoms with E-state index in [-0.39, 0.29) is 10.6 Å². The Morgan fingerprint density at radius 3 is 2.07 bits per heavy atom. The van der Waals surface area contributed by atoms with Gasteiger partial charge in [0.1, 0.15) is 5.03 Å². The van der Waals surface area contributed by atoms with Crippen LogP contribution in [0.3, 0.4) is 0 Å². The highest BCUT2D eigenvalue weighted by Crippen LogP contribution is 2.35. The van der Waals surface area contributed by atoms with Gasteiger partial charge in [-0.25, -0.2) is 4.90 Å². The van der Waals surface area contributed by atoms with E-state index in [1.165, 1.54) is 0 Å². The van der Waals surface area contributed by atoms with Crippen LogP contribution in [0.1, 0.15) is 11.1 Å². The maximum absolute atomic E-state index is 13.0. The van der Waals surface area contributed by atoms with Crippen molar-refractivity contribution >= 4 is 46.3 Å². The fraction of sp³-hybridized carbons (Fsp3) is 0.273. The number of piperazine rings is 1. The van der Waals surface area contributed by atoms with Gasteiger partial charge in [-0.3, -0.25) is 14.5 Å². The Morgan fingerprint density at radius 2 is 1.45 bits per heavy atom. The predicted octanol–water partition coefficient (Wildman–Crippen LogP) is 3.61. The molecule has 0 N–H and O–H groups in total. The molecule has 2 aromatic carbocycles. The zero-order valence-corrected chi connectivity index (χ0v) is 17.6. The first-order valence-corrected chi connectivity index (χ1v) is 10.2.